The van der Waals surface area contributed by atoms with E-state index in [1.54, 1.807) is 0 Å². The van der Waals surface area contributed by atoms with E-state index in [2.05, 4.69) is 48.0 Å². The lowest BCUT2D eigenvalue weighted by Gasteiger charge is -2.06. The van der Waals surface area contributed by atoms with Crippen LogP contribution in [0.4, 0.5) is 0 Å². The minimum atomic E-state index is 0.398. The highest BCUT2D eigenvalue weighted by Crippen LogP contribution is 2.20. The summed E-state index contributed by atoms with van der Waals surface area (Å²) in [5.74, 6) is 0.398. The average molecular weight is 283 g/mol. The first-order valence-electron chi connectivity index (χ1n) is 5.90. The number of carbonyl (C=O) groups excluding carboxylic acids is 1. The Balaban J connectivity index is 2.43. The number of hydrogen-bond acceptors (Lipinski definition) is 1. The molecule has 0 bridgehead atoms. The van der Waals surface area contributed by atoms with Crippen LogP contribution in [0.2, 0.25) is 0 Å². The van der Waals surface area contributed by atoms with E-state index in [-0.39, 0.29) is 0 Å². The summed E-state index contributed by atoms with van der Waals surface area (Å²) >= 11 is 3.52. The zero-order chi connectivity index (χ0) is 12.0. The number of benzene rings is 1. The Morgan fingerprint density at radius 2 is 2.06 bits per heavy atom. The summed E-state index contributed by atoms with van der Waals surface area (Å²) in [6.07, 6.45) is 4.39. The molecule has 0 aliphatic heterocycles. The summed E-state index contributed by atoms with van der Waals surface area (Å²) < 4.78 is 1.16. The van der Waals surface area contributed by atoms with Crippen molar-refractivity contribution in [3.05, 3.63) is 33.8 Å². The maximum atomic E-state index is 11.4. The van der Waals surface area contributed by atoms with Crippen molar-refractivity contribution in [3.63, 3.8) is 0 Å². The van der Waals surface area contributed by atoms with Gasteiger partial charge in [0.15, 0.2) is 0 Å². The van der Waals surface area contributed by atoms with Gasteiger partial charge in [-0.15, -0.1) is 0 Å². The van der Waals surface area contributed by atoms with Gasteiger partial charge < -0.3 is 0 Å². The molecule has 1 rings (SSSR count). The van der Waals surface area contributed by atoms with Gasteiger partial charge in [-0.1, -0.05) is 35.0 Å². The number of ketones is 1. The number of halogens is 1. The summed E-state index contributed by atoms with van der Waals surface area (Å²) in [5.41, 5.74) is 2.64. The molecule has 1 aromatic carbocycles. The highest BCUT2D eigenvalue weighted by Gasteiger charge is 2.04. The number of hydrogen-bond donors (Lipinski definition) is 0. The molecule has 1 nitrogen and oxygen atoms in total. The number of Topliss-reactive ketones (excluding diaryl/α,β-unsaturated/α-hetero) is 1. The molecule has 0 fully saturated rings. The molecule has 0 unspecified atom stereocenters. The molecule has 88 valence electrons. The maximum absolute atomic E-state index is 11.4. The molecule has 16 heavy (non-hydrogen) atoms. The van der Waals surface area contributed by atoms with Crippen LogP contribution in [0.3, 0.4) is 0 Å². The first-order valence-corrected chi connectivity index (χ1v) is 6.70. The quantitative estimate of drug-likeness (QED) is 0.753. The molecule has 0 spiro atoms. The average Bonchev–Trinajstić information content (AvgIpc) is 2.25. The number of carbonyl (C=O) groups is 1. The molecule has 0 atom stereocenters. The van der Waals surface area contributed by atoms with Crippen LogP contribution in [0.5, 0.6) is 0 Å². The Bertz CT molecular complexity index is 358. The van der Waals surface area contributed by atoms with Crippen LogP contribution in [0, 0.1) is 6.92 Å². The molecule has 0 aliphatic carbocycles. The highest BCUT2D eigenvalue weighted by molar-refractivity contribution is 9.10. The Morgan fingerprint density at radius 1 is 1.31 bits per heavy atom. The van der Waals surface area contributed by atoms with E-state index in [1.165, 1.54) is 11.1 Å². The minimum Gasteiger partial charge on any atom is -0.300 e. The lowest BCUT2D eigenvalue weighted by Crippen LogP contribution is -1.98. The van der Waals surface area contributed by atoms with Crippen molar-refractivity contribution < 1.29 is 4.79 Å². The van der Waals surface area contributed by atoms with Gasteiger partial charge in [0.25, 0.3) is 0 Å². The second-order valence-corrected chi connectivity index (χ2v) is 5.02. The fraction of sp³-hybridized carbons (Fsp3) is 0.500. The smallest absolute Gasteiger partial charge is 0.132 e. The van der Waals surface area contributed by atoms with Crippen molar-refractivity contribution in [1.82, 2.24) is 0 Å². The van der Waals surface area contributed by atoms with Crippen LogP contribution < -0.4 is 0 Å². The van der Waals surface area contributed by atoms with Crippen molar-refractivity contribution in [2.24, 2.45) is 0 Å². The van der Waals surface area contributed by atoms with Gasteiger partial charge in [0.1, 0.15) is 5.78 Å². The lowest BCUT2D eigenvalue weighted by atomic mass is 10.0. The summed E-state index contributed by atoms with van der Waals surface area (Å²) in [6, 6.07) is 6.26. The summed E-state index contributed by atoms with van der Waals surface area (Å²) in [5, 5.41) is 0. The van der Waals surface area contributed by atoms with Crippen molar-refractivity contribution in [1.29, 1.82) is 0 Å². The molecule has 0 amide bonds. The van der Waals surface area contributed by atoms with Gasteiger partial charge in [-0.3, -0.25) is 4.79 Å². The Labute approximate surface area is 106 Å². The van der Waals surface area contributed by atoms with E-state index in [0.717, 1.165) is 36.6 Å². The fourth-order valence-corrected chi connectivity index (χ4v) is 2.21. The number of rotatable bonds is 6. The van der Waals surface area contributed by atoms with Gasteiger partial charge in [-0.05, 0) is 43.4 Å². The molecule has 0 N–H and O–H groups in total. The van der Waals surface area contributed by atoms with E-state index in [9.17, 15) is 4.79 Å². The molecular weight excluding hydrogens is 264 g/mol. The fourth-order valence-electron chi connectivity index (χ4n) is 1.80. The van der Waals surface area contributed by atoms with E-state index in [1.807, 2.05) is 0 Å². The third-order valence-corrected chi connectivity index (χ3v) is 3.67. The summed E-state index contributed by atoms with van der Waals surface area (Å²) in [7, 11) is 0. The minimum absolute atomic E-state index is 0.398. The van der Waals surface area contributed by atoms with E-state index >= 15 is 0 Å². The molecule has 0 aromatic heterocycles. The summed E-state index contributed by atoms with van der Waals surface area (Å²) in [4.78, 5) is 11.4. The maximum Gasteiger partial charge on any atom is 0.132 e. The van der Waals surface area contributed by atoms with Gasteiger partial charge >= 0.3 is 0 Å². The van der Waals surface area contributed by atoms with Crippen LogP contribution in [0.15, 0.2) is 22.7 Å². The monoisotopic (exact) mass is 282 g/mol. The molecule has 2 heteroatoms. The van der Waals surface area contributed by atoms with Gasteiger partial charge in [-0.2, -0.15) is 0 Å². The molecule has 0 saturated carbocycles. The Hall–Kier alpha value is -0.630. The predicted molar refractivity (Wildman–Crippen MR) is 71.7 cm³/mol. The van der Waals surface area contributed by atoms with Crippen LogP contribution in [-0.4, -0.2) is 5.78 Å². The van der Waals surface area contributed by atoms with Crippen LogP contribution >= 0.6 is 15.9 Å². The molecule has 0 saturated heterocycles. The third kappa shape index (κ3) is 4.09. The van der Waals surface area contributed by atoms with Crippen LogP contribution in [0.25, 0.3) is 0 Å². The lowest BCUT2D eigenvalue weighted by molar-refractivity contribution is -0.119. The Morgan fingerprint density at radius 3 is 2.75 bits per heavy atom. The van der Waals surface area contributed by atoms with Crippen molar-refractivity contribution in [2.75, 3.05) is 0 Å². The molecule has 0 aliphatic rings. The summed E-state index contributed by atoms with van der Waals surface area (Å²) in [6.45, 7) is 4.17. The van der Waals surface area contributed by atoms with Crippen molar-refractivity contribution >= 4 is 21.7 Å². The molecule has 0 radical (unpaired) electrons. The van der Waals surface area contributed by atoms with Gasteiger partial charge in [0, 0.05) is 17.3 Å². The molecule has 0 heterocycles. The molecular formula is C14H19BrO. The Kier molecular flexibility index (Phi) is 5.75. The second kappa shape index (κ2) is 6.85. The third-order valence-electron chi connectivity index (χ3n) is 2.81. The second-order valence-electron chi connectivity index (χ2n) is 4.17. The van der Waals surface area contributed by atoms with Gasteiger partial charge in [0.05, 0.1) is 0 Å². The van der Waals surface area contributed by atoms with Crippen LogP contribution in [0.1, 0.15) is 43.7 Å². The first-order chi connectivity index (χ1) is 7.65. The zero-order valence-electron chi connectivity index (χ0n) is 10.1. The van der Waals surface area contributed by atoms with Crippen molar-refractivity contribution in [2.45, 2.75) is 46.0 Å². The van der Waals surface area contributed by atoms with Gasteiger partial charge in [0.2, 0.25) is 0 Å². The highest BCUT2D eigenvalue weighted by atomic mass is 79.9. The topological polar surface area (TPSA) is 17.1 Å². The van der Waals surface area contributed by atoms with Crippen LogP contribution in [-0.2, 0) is 11.2 Å². The SMILES string of the molecule is CCCC(=O)CCCc1cccc(Br)c1C. The first kappa shape index (κ1) is 13.4. The van der Waals surface area contributed by atoms with E-state index in [4.69, 9.17) is 0 Å². The standard InChI is InChI=1S/C14H19BrO/c1-3-6-13(16)9-4-7-12-8-5-10-14(15)11(12)2/h5,8,10H,3-4,6-7,9H2,1-2H3. The number of aryl methyl sites for hydroxylation is 1. The van der Waals surface area contributed by atoms with E-state index in [0.29, 0.717) is 5.78 Å². The normalized spacial score (nSPS) is 10.4. The predicted octanol–water partition coefficient (Wildman–Crippen LogP) is 4.45. The molecule has 1 aromatic rings. The van der Waals surface area contributed by atoms with Crippen molar-refractivity contribution in [3.8, 4) is 0 Å². The largest absolute Gasteiger partial charge is 0.300 e. The zero-order valence-corrected chi connectivity index (χ0v) is 11.6. The van der Waals surface area contributed by atoms with Gasteiger partial charge in [-0.25, -0.2) is 0 Å². The van der Waals surface area contributed by atoms with E-state index < -0.39 is 0 Å².